The van der Waals surface area contributed by atoms with Crippen LogP contribution < -0.4 is 0 Å². The smallest absolute Gasteiger partial charge is 0.269 e. The number of nitro benzene ring substituents is 1. The minimum atomic E-state index is -0.443. The lowest BCUT2D eigenvalue weighted by Gasteiger charge is -2.25. The molecule has 5 nitrogen and oxygen atoms in total. The Balaban J connectivity index is 1.93. The van der Waals surface area contributed by atoms with Gasteiger partial charge in [-0.15, -0.1) is 11.8 Å². The zero-order valence-corrected chi connectivity index (χ0v) is 14.9. The number of carbonyl (C=O) groups excluding carboxylic acids is 1. The molecule has 0 aliphatic rings. The Hall–Kier alpha value is -2.05. The SMILES string of the molecule is CC(c1ccc(Cl)cc1)N(C)C(=O)CSc1ccc([N+](=O)[O-])cc1. The van der Waals surface area contributed by atoms with Crippen molar-refractivity contribution in [2.45, 2.75) is 17.9 Å². The van der Waals surface area contributed by atoms with Gasteiger partial charge < -0.3 is 4.90 Å². The molecule has 0 saturated carbocycles. The van der Waals surface area contributed by atoms with Gasteiger partial charge in [-0.25, -0.2) is 0 Å². The Bertz CT molecular complexity index is 720. The van der Waals surface area contributed by atoms with E-state index in [4.69, 9.17) is 11.6 Å². The molecule has 0 spiro atoms. The molecule has 0 saturated heterocycles. The molecule has 24 heavy (non-hydrogen) atoms. The first kappa shape index (κ1) is 18.3. The summed E-state index contributed by atoms with van der Waals surface area (Å²) in [6.07, 6.45) is 0. The van der Waals surface area contributed by atoms with E-state index in [-0.39, 0.29) is 23.4 Å². The van der Waals surface area contributed by atoms with Crippen molar-refractivity contribution in [3.63, 3.8) is 0 Å². The van der Waals surface area contributed by atoms with E-state index in [2.05, 4.69) is 0 Å². The highest BCUT2D eigenvalue weighted by Crippen LogP contribution is 2.24. The van der Waals surface area contributed by atoms with E-state index in [9.17, 15) is 14.9 Å². The quantitative estimate of drug-likeness (QED) is 0.428. The number of halogens is 1. The van der Waals surface area contributed by atoms with Crippen LogP contribution in [-0.2, 0) is 4.79 Å². The van der Waals surface area contributed by atoms with E-state index in [1.807, 2.05) is 19.1 Å². The van der Waals surface area contributed by atoms with Gasteiger partial charge in [0.25, 0.3) is 5.69 Å². The first-order valence-corrected chi connectivity index (χ1v) is 8.63. The molecule has 0 heterocycles. The molecular weight excluding hydrogens is 348 g/mol. The number of nitrogens with zero attached hydrogens (tertiary/aromatic N) is 2. The minimum Gasteiger partial charge on any atom is -0.338 e. The van der Waals surface area contributed by atoms with Crippen molar-refractivity contribution in [1.82, 2.24) is 4.90 Å². The molecule has 0 radical (unpaired) electrons. The Labute approximate surface area is 149 Å². The van der Waals surface area contributed by atoms with Crippen LogP contribution >= 0.6 is 23.4 Å². The Morgan fingerprint density at radius 2 is 1.79 bits per heavy atom. The van der Waals surface area contributed by atoms with Gasteiger partial charge in [0.05, 0.1) is 16.7 Å². The predicted molar refractivity (Wildman–Crippen MR) is 96.5 cm³/mol. The molecule has 0 aromatic heterocycles. The minimum absolute atomic E-state index is 0.0131. The van der Waals surface area contributed by atoms with Crippen LogP contribution in [0.2, 0.25) is 5.02 Å². The molecular formula is C17H17ClN2O3S. The van der Waals surface area contributed by atoms with Crippen molar-refractivity contribution in [2.75, 3.05) is 12.8 Å². The fourth-order valence-electron chi connectivity index (χ4n) is 2.09. The number of benzene rings is 2. The number of thioether (sulfide) groups is 1. The number of hydrogen-bond donors (Lipinski definition) is 0. The monoisotopic (exact) mass is 364 g/mol. The maximum Gasteiger partial charge on any atom is 0.269 e. The largest absolute Gasteiger partial charge is 0.338 e. The number of hydrogen-bond acceptors (Lipinski definition) is 4. The van der Waals surface area contributed by atoms with Gasteiger partial charge in [0.1, 0.15) is 0 Å². The van der Waals surface area contributed by atoms with Crippen molar-refractivity contribution >= 4 is 35.0 Å². The zero-order valence-electron chi connectivity index (χ0n) is 13.3. The van der Waals surface area contributed by atoms with Gasteiger partial charge in [0, 0.05) is 29.1 Å². The van der Waals surface area contributed by atoms with E-state index in [0.29, 0.717) is 5.02 Å². The summed E-state index contributed by atoms with van der Waals surface area (Å²) in [5.74, 6) is 0.257. The number of rotatable bonds is 6. The summed E-state index contributed by atoms with van der Waals surface area (Å²) in [5, 5.41) is 11.3. The summed E-state index contributed by atoms with van der Waals surface area (Å²) >= 11 is 7.24. The van der Waals surface area contributed by atoms with Gasteiger partial charge in [-0.3, -0.25) is 14.9 Å². The van der Waals surface area contributed by atoms with Crippen LogP contribution in [-0.4, -0.2) is 28.5 Å². The highest BCUT2D eigenvalue weighted by atomic mass is 35.5. The van der Waals surface area contributed by atoms with Crippen LogP contribution in [0.1, 0.15) is 18.5 Å². The first-order chi connectivity index (χ1) is 11.4. The van der Waals surface area contributed by atoms with Gasteiger partial charge >= 0.3 is 0 Å². The molecule has 0 bridgehead atoms. The third-order valence-electron chi connectivity index (χ3n) is 3.74. The second-order valence-electron chi connectivity index (χ2n) is 5.27. The number of carbonyl (C=O) groups is 1. The van der Waals surface area contributed by atoms with Gasteiger partial charge in [0.2, 0.25) is 5.91 Å². The lowest BCUT2D eigenvalue weighted by molar-refractivity contribution is -0.384. The molecule has 7 heteroatoms. The van der Waals surface area contributed by atoms with Gasteiger partial charge in [-0.2, -0.15) is 0 Å². The normalized spacial score (nSPS) is 11.8. The van der Waals surface area contributed by atoms with Gasteiger partial charge in [-0.1, -0.05) is 23.7 Å². The van der Waals surface area contributed by atoms with Crippen LogP contribution in [0, 0.1) is 10.1 Å². The summed E-state index contributed by atoms with van der Waals surface area (Å²) in [6.45, 7) is 1.96. The summed E-state index contributed by atoms with van der Waals surface area (Å²) in [4.78, 5) is 25.0. The van der Waals surface area contributed by atoms with E-state index >= 15 is 0 Å². The van der Waals surface area contributed by atoms with E-state index in [0.717, 1.165) is 10.5 Å². The third kappa shape index (κ3) is 4.72. The molecule has 0 fully saturated rings. The van der Waals surface area contributed by atoms with Crippen LogP contribution in [0.4, 0.5) is 5.69 Å². The predicted octanol–water partition coefficient (Wildman–Crippen LogP) is 4.56. The molecule has 0 aliphatic heterocycles. The van der Waals surface area contributed by atoms with Gasteiger partial charge in [-0.05, 0) is 36.8 Å². The Morgan fingerprint density at radius 3 is 2.33 bits per heavy atom. The van der Waals surface area contributed by atoms with Crippen LogP contribution in [0.15, 0.2) is 53.4 Å². The maximum atomic E-state index is 12.3. The molecule has 1 atom stereocenters. The van der Waals surface area contributed by atoms with Crippen LogP contribution in [0.3, 0.4) is 0 Å². The lowest BCUT2D eigenvalue weighted by Crippen LogP contribution is -2.31. The van der Waals surface area contributed by atoms with Crippen molar-refractivity contribution in [3.8, 4) is 0 Å². The molecule has 0 aliphatic carbocycles. The summed E-state index contributed by atoms with van der Waals surface area (Å²) in [5.41, 5.74) is 1.05. The highest BCUT2D eigenvalue weighted by molar-refractivity contribution is 8.00. The van der Waals surface area contributed by atoms with Gasteiger partial charge in [0.15, 0.2) is 0 Å². The standard InChI is InChI=1S/C17H17ClN2O3S/c1-12(13-3-5-14(18)6-4-13)19(2)17(21)11-24-16-9-7-15(8-10-16)20(22)23/h3-10,12H,11H2,1-2H3. The molecule has 2 aromatic carbocycles. The lowest BCUT2D eigenvalue weighted by atomic mass is 10.1. The summed E-state index contributed by atoms with van der Waals surface area (Å²) < 4.78 is 0. The molecule has 126 valence electrons. The topological polar surface area (TPSA) is 63.5 Å². The first-order valence-electron chi connectivity index (χ1n) is 7.27. The summed E-state index contributed by atoms with van der Waals surface area (Å²) in [7, 11) is 1.76. The fraction of sp³-hybridized carbons (Fsp3) is 0.235. The van der Waals surface area contributed by atoms with Crippen LogP contribution in [0.5, 0.6) is 0 Å². The van der Waals surface area contributed by atoms with E-state index < -0.39 is 4.92 Å². The Kier molecular flexibility index (Phi) is 6.23. The summed E-state index contributed by atoms with van der Waals surface area (Å²) in [6, 6.07) is 13.5. The fourth-order valence-corrected chi connectivity index (χ4v) is 3.04. The van der Waals surface area contributed by atoms with Crippen molar-refractivity contribution in [1.29, 1.82) is 0 Å². The van der Waals surface area contributed by atoms with E-state index in [1.165, 1.54) is 23.9 Å². The number of nitro groups is 1. The molecule has 1 unspecified atom stereocenters. The molecule has 2 rings (SSSR count). The second-order valence-corrected chi connectivity index (χ2v) is 6.76. The van der Waals surface area contributed by atoms with Crippen molar-refractivity contribution in [2.24, 2.45) is 0 Å². The number of amides is 1. The number of non-ortho nitro benzene ring substituents is 1. The molecule has 1 amide bonds. The van der Waals surface area contributed by atoms with Crippen molar-refractivity contribution in [3.05, 3.63) is 69.2 Å². The van der Waals surface area contributed by atoms with E-state index in [1.54, 1.807) is 36.2 Å². The van der Waals surface area contributed by atoms with Crippen molar-refractivity contribution < 1.29 is 9.72 Å². The Morgan fingerprint density at radius 1 is 1.21 bits per heavy atom. The third-order valence-corrected chi connectivity index (χ3v) is 4.99. The van der Waals surface area contributed by atoms with Crippen LogP contribution in [0.25, 0.3) is 0 Å². The average molecular weight is 365 g/mol. The maximum absolute atomic E-state index is 12.3. The zero-order chi connectivity index (χ0) is 17.7. The molecule has 2 aromatic rings. The average Bonchev–Trinajstić information content (AvgIpc) is 2.59. The highest BCUT2D eigenvalue weighted by Gasteiger charge is 2.17. The second kappa shape index (κ2) is 8.17. The molecule has 0 N–H and O–H groups in total.